The summed E-state index contributed by atoms with van der Waals surface area (Å²) < 4.78 is 1.39. The second-order valence-electron chi connectivity index (χ2n) is 5.22. The predicted octanol–water partition coefficient (Wildman–Crippen LogP) is 2.45. The molecule has 0 aliphatic rings. The Hall–Kier alpha value is -3.11. The monoisotopic (exact) mass is 405 g/mol. The fourth-order valence-electron chi connectivity index (χ4n) is 2.10. The number of carboxylic acid groups (broad SMARTS) is 1. The number of tetrazole rings is 1. The van der Waals surface area contributed by atoms with Gasteiger partial charge >= 0.3 is 5.97 Å². The molecular weight excluding hydrogens is 394 g/mol. The first kappa shape index (κ1) is 18.7. The van der Waals surface area contributed by atoms with Gasteiger partial charge in [0.1, 0.15) is 5.75 Å². The highest BCUT2D eigenvalue weighted by Crippen LogP contribution is 2.27. The number of aromatic nitrogens is 4. The highest BCUT2D eigenvalue weighted by molar-refractivity contribution is 7.99. The average molecular weight is 406 g/mol. The van der Waals surface area contributed by atoms with Crippen LogP contribution >= 0.6 is 23.4 Å². The van der Waals surface area contributed by atoms with Crippen LogP contribution in [0.2, 0.25) is 5.02 Å². The maximum Gasteiger partial charge on any atom is 0.335 e. The number of benzene rings is 2. The molecule has 0 bridgehead atoms. The molecule has 2 aromatic carbocycles. The highest BCUT2D eigenvalue weighted by atomic mass is 35.5. The molecule has 1 aromatic heterocycles. The molecule has 138 valence electrons. The number of carbonyl (C=O) groups is 2. The second kappa shape index (κ2) is 8.06. The van der Waals surface area contributed by atoms with Crippen LogP contribution in [0.25, 0.3) is 5.69 Å². The number of carboxylic acids is 1. The zero-order chi connectivity index (χ0) is 19.4. The summed E-state index contributed by atoms with van der Waals surface area (Å²) >= 11 is 6.92. The van der Waals surface area contributed by atoms with E-state index in [4.69, 9.17) is 16.7 Å². The van der Waals surface area contributed by atoms with Crippen LogP contribution < -0.4 is 5.32 Å². The number of halogens is 1. The number of nitrogens with one attached hydrogen (secondary N) is 1. The van der Waals surface area contributed by atoms with Crippen LogP contribution in [-0.2, 0) is 4.79 Å². The van der Waals surface area contributed by atoms with E-state index in [1.165, 1.54) is 35.0 Å². The minimum absolute atomic E-state index is 0.0143. The number of carbonyl (C=O) groups excluding carboxylic acids is 1. The van der Waals surface area contributed by atoms with Crippen molar-refractivity contribution in [3.63, 3.8) is 0 Å². The third kappa shape index (κ3) is 4.54. The van der Waals surface area contributed by atoms with Crippen LogP contribution in [0.15, 0.2) is 47.6 Å². The van der Waals surface area contributed by atoms with Gasteiger partial charge in [0.2, 0.25) is 11.1 Å². The molecule has 0 atom stereocenters. The number of aromatic hydroxyl groups is 1. The molecule has 0 radical (unpaired) electrons. The number of thioether (sulfide) groups is 1. The lowest BCUT2D eigenvalue weighted by Gasteiger charge is -2.08. The molecule has 9 nitrogen and oxygen atoms in total. The third-order valence-corrected chi connectivity index (χ3v) is 4.52. The quantitative estimate of drug-likeness (QED) is 0.421. The Labute approximate surface area is 162 Å². The molecule has 3 aromatic rings. The van der Waals surface area contributed by atoms with Gasteiger partial charge in [-0.25, -0.2) is 4.79 Å². The molecule has 0 saturated heterocycles. The van der Waals surface area contributed by atoms with Crippen molar-refractivity contribution in [3.8, 4) is 11.4 Å². The van der Waals surface area contributed by atoms with Crippen LogP contribution in [0.3, 0.4) is 0 Å². The molecule has 0 unspecified atom stereocenters. The summed E-state index contributed by atoms with van der Waals surface area (Å²) in [6.07, 6.45) is 0. The molecule has 3 rings (SSSR count). The number of phenols is 1. The smallest absolute Gasteiger partial charge is 0.335 e. The topological polar surface area (TPSA) is 130 Å². The standard InChI is InChI=1S/C16H12ClN5O4S/c17-10-3-6-13(23)12(7-10)18-14(24)8-27-16-19-20-21-22(16)11-4-1-9(2-5-11)15(25)26/h1-7,23H,8H2,(H,18,24)(H,25,26). The number of phenolic OH excluding ortho intramolecular Hbond substituents is 1. The van der Waals surface area contributed by atoms with Crippen LogP contribution in [-0.4, -0.2) is 48.0 Å². The van der Waals surface area contributed by atoms with E-state index in [1.807, 2.05) is 0 Å². The molecule has 0 aliphatic carbocycles. The first-order valence-electron chi connectivity index (χ1n) is 7.47. The maximum atomic E-state index is 12.1. The first-order valence-corrected chi connectivity index (χ1v) is 8.83. The molecule has 0 spiro atoms. The van der Waals surface area contributed by atoms with Crippen LogP contribution in [0.4, 0.5) is 5.69 Å². The van der Waals surface area contributed by atoms with E-state index in [-0.39, 0.29) is 28.7 Å². The molecule has 3 N–H and O–H groups in total. The van der Waals surface area contributed by atoms with E-state index in [2.05, 4.69) is 20.8 Å². The number of nitrogens with zero attached hydrogens (tertiary/aromatic N) is 4. The van der Waals surface area contributed by atoms with E-state index in [0.29, 0.717) is 15.9 Å². The molecule has 1 heterocycles. The number of amides is 1. The van der Waals surface area contributed by atoms with E-state index < -0.39 is 5.97 Å². The molecule has 0 fully saturated rings. The van der Waals surface area contributed by atoms with Crippen molar-refractivity contribution >= 4 is 40.9 Å². The lowest BCUT2D eigenvalue weighted by atomic mass is 10.2. The van der Waals surface area contributed by atoms with Crippen molar-refractivity contribution in [2.75, 3.05) is 11.1 Å². The number of rotatable bonds is 6. The van der Waals surface area contributed by atoms with Crippen molar-refractivity contribution in [2.24, 2.45) is 0 Å². The van der Waals surface area contributed by atoms with Gasteiger partial charge in [-0.15, -0.1) is 5.10 Å². The van der Waals surface area contributed by atoms with Gasteiger partial charge in [-0.2, -0.15) is 4.68 Å². The maximum absolute atomic E-state index is 12.1. The Morgan fingerprint density at radius 1 is 1.19 bits per heavy atom. The Kier molecular flexibility index (Phi) is 5.57. The fraction of sp³-hybridized carbons (Fsp3) is 0.0625. The van der Waals surface area contributed by atoms with Crippen molar-refractivity contribution in [2.45, 2.75) is 5.16 Å². The molecule has 11 heteroatoms. The van der Waals surface area contributed by atoms with E-state index in [9.17, 15) is 14.7 Å². The lowest BCUT2D eigenvalue weighted by Crippen LogP contribution is -2.14. The van der Waals surface area contributed by atoms with Crippen LogP contribution in [0.1, 0.15) is 10.4 Å². The Bertz CT molecular complexity index is 993. The SMILES string of the molecule is O=C(CSc1nnnn1-c1ccc(C(=O)O)cc1)Nc1cc(Cl)ccc1O. The Morgan fingerprint density at radius 2 is 1.93 bits per heavy atom. The molecule has 27 heavy (non-hydrogen) atoms. The summed E-state index contributed by atoms with van der Waals surface area (Å²) in [5.41, 5.74) is 0.902. The summed E-state index contributed by atoms with van der Waals surface area (Å²) in [6, 6.07) is 10.3. The van der Waals surface area contributed by atoms with Gasteiger partial charge in [-0.1, -0.05) is 23.4 Å². The highest BCUT2D eigenvalue weighted by Gasteiger charge is 2.13. The second-order valence-corrected chi connectivity index (χ2v) is 6.60. The minimum Gasteiger partial charge on any atom is -0.506 e. The van der Waals surface area contributed by atoms with E-state index in [0.717, 1.165) is 11.8 Å². The van der Waals surface area contributed by atoms with Gasteiger partial charge in [0.15, 0.2) is 0 Å². The van der Waals surface area contributed by atoms with Crippen molar-refractivity contribution in [1.82, 2.24) is 20.2 Å². The summed E-state index contributed by atoms with van der Waals surface area (Å²) in [7, 11) is 0. The predicted molar refractivity (Wildman–Crippen MR) is 98.6 cm³/mol. The van der Waals surface area contributed by atoms with Gasteiger partial charge < -0.3 is 15.5 Å². The number of hydrogen-bond donors (Lipinski definition) is 3. The summed E-state index contributed by atoms with van der Waals surface area (Å²) in [4.78, 5) is 23.0. The van der Waals surface area contributed by atoms with Crippen molar-refractivity contribution in [1.29, 1.82) is 0 Å². The lowest BCUT2D eigenvalue weighted by molar-refractivity contribution is -0.113. The van der Waals surface area contributed by atoms with Gasteiger partial charge in [-0.3, -0.25) is 4.79 Å². The third-order valence-electron chi connectivity index (χ3n) is 3.36. The zero-order valence-corrected chi connectivity index (χ0v) is 15.1. The molecule has 0 saturated carbocycles. The van der Waals surface area contributed by atoms with E-state index >= 15 is 0 Å². The Morgan fingerprint density at radius 3 is 2.63 bits per heavy atom. The summed E-state index contributed by atoms with van der Waals surface area (Å²) in [6.45, 7) is 0. The summed E-state index contributed by atoms with van der Waals surface area (Å²) in [5, 5.41) is 33.2. The largest absolute Gasteiger partial charge is 0.506 e. The number of hydrogen-bond acceptors (Lipinski definition) is 7. The van der Waals surface area contributed by atoms with Crippen LogP contribution in [0.5, 0.6) is 5.75 Å². The van der Waals surface area contributed by atoms with Crippen LogP contribution in [0, 0.1) is 0 Å². The molecule has 0 aliphatic heterocycles. The van der Waals surface area contributed by atoms with E-state index in [1.54, 1.807) is 12.1 Å². The number of aromatic carboxylic acids is 1. The molecular formula is C16H12ClN5O4S. The van der Waals surface area contributed by atoms with Gasteiger partial charge in [-0.05, 0) is 52.9 Å². The summed E-state index contributed by atoms with van der Waals surface area (Å²) in [5.74, 6) is -1.53. The zero-order valence-electron chi connectivity index (χ0n) is 13.5. The van der Waals surface area contributed by atoms with Gasteiger partial charge in [0, 0.05) is 5.02 Å². The minimum atomic E-state index is -1.03. The van der Waals surface area contributed by atoms with Crippen molar-refractivity contribution in [3.05, 3.63) is 53.1 Å². The fourth-order valence-corrected chi connectivity index (χ4v) is 2.96. The molecule has 1 amide bonds. The van der Waals surface area contributed by atoms with Crippen molar-refractivity contribution < 1.29 is 19.8 Å². The average Bonchev–Trinajstić information content (AvgIpc) is 3.12. The van der Waals surface area contributed by atoms with Gasteiger partial charge in [0.05, 0.1) is 22.7 Å². The number of anilines is 1. The normalized spacial score (nSPS) is 10.6. The van der Waals surface area contributed by atoms with Gasteiger partial charge in [0.25, 0.3) is 0 Å². The Balaban J connectivity index is 1.67. The first-order chi connectivity index (χ1) is 12.9.